The van der Waals surface area contributed by atoms with Gasteiger partial charge in [0.05, 0.1) is 6.61 Å². The summed E-state index contributed by atoms with van der Waals surface area (Å²) < 4.78 is 24.4. The van der Waals surface area contributed by atoms with Crippen LogP contribution >= 0.6 is 0 Å². The van der Waals surface area contributed by atoms with E-state index in [1.54, 1.807) is 17.0 Å². The molecule has 0 aliphatic carbocycles. The van der Waals surface area contributed by atoms with Crippen LogP contribution < -0.4 is 10.1 Å². The lowest BCUT2D eigenvalue weighted by Crippen LogP contribution is -2.57. The fraction of sp³-hybridized carbons (Fsp3) is 0.450. The first-order valence-corrected chi connectivity index (χ1v) is 9.36. The molecule has 1 saturated heterocycles. The van der Waals surface area contributed by atoms with Crippen molar-refractivity contribution in [1.29, 1.82) is 0 Å². The van der Waals surface area contributed by atoms with Crippen LogP contribution in [0.15, 0.2) is 30.4 Å². The van der Waals surface area contributed by atoms with Crippen LogP contribution in [0.3, 0.4) is 0 Å². The quantitative estimate of drug-likeness (QED) is 0.592. The highest BCUT2D eigenvalue weighted by Crippen LogP contribution is 2.19. The predicted molar refractivity (Wildman–Crippen MR) is 106 cm³/mol. The molecule has 1 aromatic carbocycles. The molecule has 1 fully saturated rings. The molecule has 2 unspecified atom stereocenters. The summed E-state index contributed by atoms with van der Waals surface area (Å²) >= 11 is 0. The zero-order valence-electron chi connectivity index (χ0n) is 17.1. The van der Waals surface area contributed by atoms with Gasteiger partial charge in [-0.2, -0.15) is 0 Å². The van der Waals surface area contributed by atoms with Crippen molar-refractivity contribution in [2.45, 2.75) is 39.5 Å². The van der Waals surface area contributed by atoms with Gasteiger partial charge in [-0.3, -0.25) is 0 Å². The number of halogens is 1. The third-order valence-corrected chi connectivity index (χ3v) is 4.09. The number of rotatable bonds is 6. The number of amides is 1. The van der Waals surface area contributed by atoms with Crippen molar-refractivity contribution in [3.05, 3.63) is 41.7 Å². The molecule has 1 amide bonds. The van der Waals surface area contributed by atoms with Gasteiger partial charge in [0.25, 0.3) is 0 Å². The van der Waals surface area contributed by atoms with Gasteiger partial charge in [-0.25, -0.2) is 18.8 Å². The molecule has 1 aromatic rings. The monoisotopic (exact) mass is 426 g/mol. The Kier molecular flexibility index (Phi) is 10.3. The molecule has 9 nitrogen and oxygen atoms in total. The molecule has 1 heterocycles. The van der Waals surface area contributed by atoms with Crippen LogP contribution in [0.2, 0.25) is 0 Å². The number of ether oxygens (including phenoxy) is 2. The van der Waals surface area contributed by atoms with Crippen LogP contribution in [0.1, 0.15) is 26.3 Å². The number of carboxylic acids is 2. The SMILES string of the molecule is CCOc1ccc(F)c(COC(=O)N2C(C)CNCC2C)c1.O=C(O)C=CC(=O)O. The molecule has 0 saturated carbocycles. The van der Waals surface area contributed by atoms with Crippen LogP contribution in [0.4, 0.5) is 9.18 Å². The first-order valence-electron chi connectivity index (χ1n) is 9.36. The summed E-state index contributed by atoms with van der Waals surface area (Å²) in [5.74, 6) is -2.35. The summed E-state index contributed by atoms with van der Waals surface area (Å²) in [6.45, 7) is 7.63. The highest BCUT2D eigenvalue weighted by Gasteiger charge is 2.30. The number of nitrogens with zero attached hydrogens (tertiary/aromatic N) is 1. The normalized spacial score (nSPS) is 18.3. The summed E-state index contributed by atoms with van der Waals surface area (Å²) in [5.41, 5.74) is 0.315. The topological polar surface area (TPSA) is 125 Å². The summed E-state index contributed by atoms with van der Waals surface area (Å²) in [6.07, 6.45) is 0.702. The molecule has 0 bridgehead atoms. The van der Waals surface area contributed by atoms with Gasteiger partial charge in [0.2, 0.25) is 0 Å². The van der Waals surface area contributed by atoms with Gasteiger partial charge in [-0.15, -0.1) is 0 Å². The average Bonchev–Trinajstić information content (AvgIpc) is 2.67. The molecule has 2 atom stereocenters. The molecular weight excluding hydrogens is 399 g/mol. The number of hydrogen-bond donors (Lipinski definition) is 3. The number of nitrogens with one attached hydrogen (secondary N) is 1. The average molecular weight is 426 g/mol. The second-order valence-corrected chi connectivity index (χ2v) is 6.51. The van der Waals surface area contributed by atoms with Crippen LogP contribution in [-0.2, 0) is 20.9 Å². The Balaban J connectivity index is 0.000000479. The van der Waals surface area contributed by atoms with Crippen molar-refractivity contribution in [2.24, 2.45) is 0 Å². The Morgan fingerprint density at radius 2 is 1.73 bits per heavy atom. The van der Waals surface area contributed by atoms with Crippen molar-refractivity contribution in [3.63, 3.8) is 0 Å². The molecule has 166 valence electrons. The maximum absolute atomic E-state index is 13.8. The number of carboxylic acid groups (broad SMARTS) is 2. The van der Waals surface area contributed by atoms with Crippen molar-refractivity contribution in [2.75, 3.05) is 19.7 Å². The fourth-order valence-corrected chi connectivity index (χ4v) is 2.77. The Bertz CT molecular complexity index is 744. The van der Waals surface area contributed by atoms with E-state index < -0.39 is 23.8 Å². The first-order chi connectivity index (χ1) is 14.1. The smallest absolute Gasteiger partial charge is 0.410 e. The molecule has 30 heavy (non-hydrogen) atoms. The molecule has 1 aliphatic rings. The lowest BCUT2D eigenvalue weighted by Gasteiger charge is -2.38. The van der Waals surface area contributed by atoms with E-state index in [1.165, 1.54) is 6.07 Å². The highest BCUT2D eigenvalue weighted by molar-refractivity contribution is 5.89. The summed E-state index contributed by atoms with van der Waals surface area (Å²) in [6, 6.07) is 4.55. The minimum absolute atomic E-state index is 0.0517. The van der Waals surface area contributed by atoms with Crippen LogP contribution in [0.5, 0.6) is 5.75 Å². The summed E-state index contributed by atoms with van der Waals surface area (Å²) in [4.78, 5) is 33.0. The van der Waals surface area contributed by atoms with Crippen LogP contribution in [-0.4, -0.2) is 64.9 Å². The van der Waals surface area contributed by atoms with E-state index in [0.717, 1.165) is 13.1 Å². The maximum Gasteiger partial charge on any atom is 0.410 e. The standard InChI is InChI=1S/C16H23FN2O3.C4H4O4/c1-4-21-14-5-6-15(17)13(7-14)10-22-16(20)19-11(2)8-18-9-12(19)3;5-3(6)1-2-4(7)8/h5-7,11-12,18H,4,8-10H2,1-3H3;1-2H,(H,5,6)(H,7,8). The lowest BCUT2D eigenvalue weighted by molar-refractivity contribution is -0.134. The third-order valence-electron chi connectivity index (χ3n) is 4.09. The zero-order chi connectivity index (χ0) is 22.7. The third kappa shape index (κ3) is 8.48. The molecule has 3 N–H and O–H groups in total. The van der Waals surface area contributed by atoms with E-state index in [-0.39, 0.29) is 18.7 Å². The van der Waals surface area contributed by atoms with Crippen molar-refractivity contribution in [3.8, 4) is 5.75 Å². The van der Waals surface area contributed by atoms with E-state index in [9.17, 15) is 18.8 Å². The Morgan fingerprint density at radius 3 is 2.23 bits per heavy atom. The molecule has 0 spiro atoms. The number of benzene rings is 1. The van der Waals surface area contributed by atoms with E-state index in [1.807, 2.05) is 20.8 Å². The van der Waals surface area contributed by atoms with Crippen molar-refractivity contribution in [1.82, 2.24) is 10.2 Å². The van der Waals surface area contributed by atoms with Crippen molar-refractivity contribution < 1.29 is 38.5 Å². The van der Waals surface area contributed by atoms with E-state index >= 15 is 0 Å². The number of hydrogen-bond acceptors (Lipinski definition) is 6. The summed E-state index contributed by atoms with van der Waals surface area (Å²) in [7, 11) is 0. The molecule has 0 radical (unpaired) electrons. The van der Waals surface area contributed by atoms with E-state index in [0.29, 0.717) is 30.1 Å². The van der Waals surface area contributed by atoms with Gasteiger partial charge in [-0.1, -0.05) is 0 Å². The van der Waals surface area contributed by atoms with Gasteiger partial charge in [0, 0.05) is 42.9 Å². The number of aliphatic carboxylic acids is 2. The summed E-state index contributed by atoms with van der Waals surface area (Å²) in [5, 5.41) is 18.9. The predicted octanol–water partition coefficient (Wildman–Crippen LogP) is 2.25. The Hall–Kier alpha value is -3.14. The van der Waals surface area contributed by atoms with Gasteiger partial charge in [0.1, 0.15) is 18.2 Å². The first kappa shape index (κ1) is 24.9. The van der Waals surface area contributed by atoms with Gasteiger partial charge in [-0.05, 0) is 39.0 Å². The molecule has 0 aromatic heterocycles. The molecule has 2 rings (SSSR count). The number of carbonyl (C=O) groups is 3. The van der Waals surface area contributed by atoms with Crippen molar-refractivity contribution >= 4 is 18.0 Å². The Labute approximate surface area is 174 Å². The minimum Gasteiger partial charge on any atom is -0.494 e. The second-order valence-electron chi connectivity index (χ2n) is 6.51. The second kappa shape index (κ2) is 12.4. The fourth-order valence-electron chi connectivity index (χ4n) is 2.77. The largest absolute Gasteiger partial charge is 0.494 e. The highest BCUT2D eigenvalue weighted by atomic mass is 19.1. The minimum atomic E-state index is -1.26. The van der Waals surface area contributed by atoms with E-state index in [2.05, 4.69) is 5.32 Å². The number of piperazine rings is 1. The molecular formula is C20H27FN2O7. The van der Waals surface area contributed by atoms with Gasteiger partial charge >= 0.3 is 18.0 Å². The van der Waals surface area contributed by atoms with Crippen LogP contribution in [0.25, 0.3) is 0 Å². The maximum atomic E-state index is 13.8. The Morgan fingerprint density at radius 1 is 1.17 bits per heavy atom. The van der Waals surface area contributed by atoms with Gasteiger partial charge < -0.3 is 29.9 Å². The van der Waals surface area contributed by atoms with Crippen LogP contribution in [0, 0.1) is 5.82 Å². The molecule has 10 heteroatoms. The van der Waals surface area contributed by atoms with Gasteiger partial charge in [0.15, 0.2) is 0 Å². The zero-order valence-corrected chi connectivity index (χ0v) is 17.1. The molecule has 1 aliphatic heterocycles. The van der Waals surface area contributed by atoms with E-state index in [4.69, 9.17) is 19.7 Å². The number of carbonyl (C=O) groups excluding carboxylic acids is 1. The lowest BCUT2D eigenvalue weighted by atomic mass is 10.1.